The number of hydrazone groups is 1. The zero-order valence-electron chi connectivity index (χ0n) is 15.3. The van der Waals surface area contributed by atoms with Crippen LogP contribution in [0.4, 0.5) is 0 Å². The van der Waals surface area contributed by atoms with Crippen molar-refractivity contribution >= 4 is 28.9 Å². The minimum atomic E-state index is 0.0873. The van der Waals surface area contributed by atoms with Crippen LogP contribution in [0.5, 0.6) is 5.75 Å². The van der Waals surface area contributed by atoms with Crippen LogP contribution in [-0.2, 0) is 6.54 Å². The molecule has 0 aliphatic carbocycles. The van der Waals surface area contributed by atoms with Gasteiger partial charge in [0.1, 0.15) is 0 Å². The molecule has 2 unspecified atom stereocenters. The average molecular weight is 404 g/mol. The van der Waals surface area contributed by atoms with Gasteiger partial charge in [-0.15, -0.1) is 0 Å². The average Bonchev–Trinajstić information content (AvgIpc) is 3.09. The molecule has 4 nitrogen and oxygen atoms in total. The van der Waals surface area contributed by atoms with Crippen molar-refractivity contribution in [3.05, 3.63) is 63.6 Å². The number of nitrogens with one attached hydrogen (secondary N) is 1. The van der Waals surface area contributed by atoms with Gasteiger partial charge in [0.15, 0.2) is 5.75 Å². The molecule has 1 saturated heterocycles. The number of ether oxygens (including phenoxy) is 1. The van der Waals surface area contributed by atoms with Crippen LogP contribution in [0.3, 0.4) is 0 Å². The summed E-state index contributed by atoms with van der Waals surface area (Å²) in [6.45, 7) is 5.41. The first kappa shape index (κ1) is 18.6. The van der Waals surface area contributed by atoms with Gasteiger partial charge in [0.2, 0.25) is 0 Å². The molecule has 0 saturated carbocycles. The third kappa shape index (κ3) is 3.93. The molecule has 2 aromatic rings. The van der Waals surface area contributed by atoms with E-state index in [-0.39, 0.29) is 6.04 Å². The van der Waals surface area contributed by atoms with Gasteiger partial charge < -0.3 is 10.2 Å². The first-order valence-corrected chi connectivity index (χ1v) is 10.1. The Morgan fingerprint density at radius 1 is 1.19 bits per heavy atom. The number of hydrogen-bond donors (Lipinski definition) is 1. The van der Waals surface area contributed by atoms with Gasteiger partial charge >= 0.3 is 0 Å². The van der Waals surface area contributed by atoms with Crippen LogP contribution >= 0.6 is 23.2 Å². The van der Waals surface area contributed by atoms with Crippen molar-refractivity contribution in [2.75, 3.05) is 19.7 Å². The summed E-state index contributed by atoms with van der Waals surface area (Å²) in [5.41, 5.74) is 6.94. The predicted molar refractivity (Wildman–Crippen MR) is 111 cm³/mol. The van der Waals surface area contributed by atoms with Gasteiger partial charge in [-0.2, -0.15) is 5.10 Å². The number of benzene rings is 2. The number of nitrogens with zero attached hydrogens (tertiary/aromatic N) is 2. The largest absolute Gasteiger partial charge is 0.491 e. The summed E-state index contributed by atoms with van der Waals surface area (Å²) in [4.78, 5) is 2.50. The summed E-state index contributed by atoms with van der Waals surface area (Å²) in [7, 11) is 0. The minimum absolute atomic E-state index is 0.0873. The number of fused-ring (bicyclic) bond motifs is 1. The van der Waals surface area contributed by atoms with E-state index in [0.717, 1.165) is 31.6 Å². The predicted octanol–water partition coefficient (Wildman–Crippen LogP) is 4.91. The lowest BCUT2D eigenvalue weighted by Crippen LogP contribution is -2.41. The molecule has 0 amide bonds. The van der Waals surface area contributed by atoms with Crippen LogP contribution in [0, 0.1) is 5.92 Å². The monoisotopic (exact) mass is 403 g/mol. The number of halogens is 2. The summed E-state index contributed by atoms with van der Waals surface area (Å²) in [6, 6.07) is 14.6. The van der Waals surface area contributed by atoms with Crippen LogP contribution < -0.4 is 10.2 Å². The first-order valence-electron chi connectivity index (χ1n) is 9.35. The second-order valence-corrected chi connectivity index (χ2v) is 7.85. The third-order valence-electron chi connectivity index (χ3n) is 5.23. The summed E-state index contributed by atoms with van der Waals surface area (Å²) in [6.07, 6.45) is 0.986. The number of hydrogen-bond acceptors (Lipinski definition) is 4. The fourth-order valence-electron chi connectivity index (χ4n) is 3.95. The Morgan fingerprint density at radius 3 is 2.63 bits per heavy atom. The molecule has 142 valence electrons. The van der Waals surface area contributed by atoms with Gasteiger partial charge in [0, 0.05) is 37.7 Å². The smallest absolute Gasteiger partial charge is 0.156 e. The molecular weight excluding hydrogens is 381 g/mol. The topological polar surface area (TPSA) is 36.9 Å². The van der Waals surface area contributed by atoms with Crippen LogP contribution in [0.15, 0.2) is 47.6 Å². The van der Waals surface area contributed by atoms with Crippen LogP contribution in [0.25, 0.3) is 0 Å². The lowest BCUT2D eigenvalue weighted by atomic mass is 9.86. The van der Waals surface area contributed by atoms with Crippen molar-refractivity contribution in [2.45, 2.75) is 25.9 Å². The van der Waals surface area contributed by atoms with Gasteiger partial charge in [-0.05, 0) is 30.2 Å². The molecule has 6 heteroatoms. The van der Waals surface area contributed by atoms with Crippen LogP contribution in [-0.4, -0.2) is 30.3 Å². The maximum atomic E-state index is 6.42. The van der Waals surface area contributed by atoms with Gasteiger partial charge in [-0.3, -0.25) is 4.90 Å². The molecule has 0 bridgehead atoms. The van der Waals surface area contributed by atoms with E-state index in [0.29, 0.717) is 28.3 Å². The highest BCUT2D eigenvalue weighted by Gasteiger charge is 2.37. The Morgan fingerprint density at radius 2 is 1.93 bits per heavy atom. The quantitative estimate of drug-likeness (QED) is 0.769. The molecule has 0 spiro atoms. The highest BCUT2D eigenvalue weighted by atomic mass is 35.5. The minimum Gasteiger partial charge on any atom is -0.491 e. The Balaban J connectivity index is 1.52. The van der Waals surface area contributed by atoms with E-state index in [1.807, 2.05) is 19.1 Å². The zero-order valence-corrected chi connectivity index (χ0v) is 16.8. The highest BCUT2D eigenvalue weighted by molar-refractivity contribution is 6.37. The van der Waals surface area contributed by atoms with E-state index in [1.54, 1.807) is 0 Å². The fraction of sp³-hybridized carbons (Fsp3) is 0.381. The second kappa shape index (κ2) is 8.09. The van der Waals surface area contributed by atoms with Gasteiger partial charge in [0.05, 0.1) is 22.7 Å². The van der Waals surface area contributed by atoms with E-state index in [4.69, 9.17) is 27.9 Å². The van der Waals surface area contributed by atoms with Gasteiger partial charge in [-0.1, -0.05) is 53.5 Å². The molecule has 2 heterocycles. The normalized spacial score (nSPS) is 22.1. The molecule has 0 radical (unpaired) electrons. The number of rotatable bonds is 5. The van der Waals surface area contributed by atoms with E-state index >= 15 is 0 Å². The van der Waals surface area contributed by atoms with Crippen molar-refractivity contribution in [3.8, 4) is 5.75 Å². The van der Waals surface area contributed by atoms with Crippen LogP contribution in [0.1, 0.15) is 30.5 Å². The van der Waals surface area contributed by atoms with E-state index < -0.39 is 0 Å². The highest BCUT2D eigenvalue weighted by Crippen LogP contribution is 2.40. The van der Waals surface area contributed by atoms with E-state index in [1.165, 1.54) is 11.3 Å². The molecule has 27 heavy (non-hydrogen) atoms. The van der Waals surface area contributed by atoms with Crippen molar-refractivity contribution in [1.29, 1.82) is 0 Å². The lowest BCUT2D eigenvalue weighted by molar-refractivity contribution is 0.220. The molecule has 4 rings (SSSR count). The van der Waals surface area contributed by atoms with Crippen molar-refractivity contribution < 1.29 is 4.74 Å². The van der Waals surface area contributed by atoms with Crippen molar-refractivity contribution in [3.63, 3.8) is 0 Å². The third-order valence-corrected chi connectivity index (χ3v) is 5.80. The molecule has 0 aromatic heterocycles. The summed E-state index contributed by atoms with van der Waals surface area (Å²) in [5.74, 6) is 0.880. The van der Waals surface area contributed by atoms with Crippen molar-refractivity contribution in [1.82, 2.24) is 10.3 Å². The Kier molecular flexibility index (Phi) is 5.58. The van der Waals surface area contributed by atoms with Crippen LogP contribution in [0.2, 0.25) is 10.0 Å². The zero-order chi connectivity index (χ0) is 18.8. The summed E-state index contributed by atoms with van der Waals surface area (Å²) < 4.78 is 5.55. The molecule has 2 aliphatic heterocycles. The maximum Gasteiger partial charge on any atom is 0.156 e. The second-order valence-electron chi connectivity index (χ2n) is 7.03. The Bertz CT molecular complexity index is 818. The fourth-order valence-corrected chi connectivity index (χ4v) is 4.56. The van der Waals surface area contributed by atoms with E-state index in [2.05, 4.69) is 45.8 Å². The van der Waals surface area contributed by atoms with Gasteiger partial charge in [-0.25, -0.2) is 0 Å². The molecular formula is C21H23Cl2N3O. The summed E-state index contributed by atoms with van der Waals surface area (Å²) in [5, 5.41) is 5.69. The van der Waals surface area contributed by atoms with Crippen molar-refractivity contribution in [2.24, 2.45) is 11.0 Å². The van der Waals surface area contributed by atoms with E-state index in [9.17, 15) is 0 Å². The first-order chi connectivity index (χ1) is 13.2. The summed E-state index contributed by atoms with van der Waals surface area (Å²) >= 11 is 12.8. The standard InChI is InChI=1S/C21H23Cl2N3O/c1-2-27-21-17(22)10-15(11-18(21)23)20-16-13-26(9-8-19(16)24-25-20)12-14-6-4-3-5-7-14/h3-7,10-11,16,20,25H,2,8-9,12-13H2,1H3. The van der Waals surface area contributed by atoms with Gasteiger partial charge in [0.25, 0.3) is 0 Å². The molecule has 1 fully saturated rings. The molecule has 2 atom stereocenters. The number of likely N-dealkylation sites (tertiary alicyclic amines) is 1. The Hall–Kier alpha value is -1.75. The SMILES string of the molecule is CCOc1c(Cl)cc(C2NN=C3CCN(Cc4ccccc4)CC32)cc1Cl. The molecule has 1 N–H and O–H groups in total. The number of piperidine rings is 1. The molecule has 2 aliphatic rings. The Labute approximate surface area is 170 Å². The lowest BCUT2D eigenvalue weighted by Gasteiger charge is -2.33. The molecule has 2 aromatic carbocycles. The maximum absolute atomic E-state index is 6.42.